The minimum Gasteiger partial charge on any atom is -0.405 e. The van der Waals surface area contributed by atoms with Crippen LogP contribution in [0.2, 0.25) is 0 Å². The minimum absolute atomic E-state index is 1.04. The van der Waals surface area contributed by atoms with E-state index in [4.69, 9.17) is 5.73 Å². The summed E-state index contributed by atoms with van der Waals surface area (Å²) in [5, 5.41) is 0. The molecule has 0 aromatic carbocycles. The van der Waals surface area contributed by atoms with Crippen LogP contribution in [0.3, 0.4) is 0 Å². The van der Waals surface area contributed by atoms with Gasteiger partial charge in [0.25, 0.3) is 0 Å². The second kappa shape index (κ2) is 4.34. The summed E-state index contributed by atoms with van der Waals surface area (Å²) in [6, 6.07) is 0. The van der Waals surface area contributed by atoms with Crippen LogP contribution in [0, 0.1) is 0 Å². The van der Waals surface area contributed by atoms with Crippen molar-refractivity contribution in [3.05, 3.63) is 12.3 Å². The second-order valence-corrected chi connectivity index (χ2v) is 2.79. The van der Waals surface area contributed by atoms with Crippen molar-refractivity contribution in [2.75, 3.05) is 19.6 Å². The van der Waals surface area contributed by atoms with Crippen LogP contribution in [-0.2, 0) is 0 Å². The van der Waals surface area contributed by atoms with Crippen LogP contribution in [0.25, 0.3) is 0 Å². The highest BCUT2D eigenvalue weighted by Gasteiger charge is 2.06. The summed E-state index contributed by atoms with van der Waals surface area (Å²) in [6.07, 6.45) is 7.78. The van der Waals surface area contributed by atoms with E-state index >= 15 is 0 Å². The highest BCUT2D eigenvalue weighted by Crippen LogP contribution is 2.07. The first kappa shape index (κ1) is 7.61. The van der Waals surface area contributed by atoms with Crippen LogP contribution >= 0.6 is 0 Å². The van der Waals surface area contributed by atoms with Gasteiger partial charge in [-0.1, -0.05) is 12.5 Å². The Morgan fingerprint density at radius 1 is 1.20 bits per heavy atom. The fourth-order valence-electron chi connectivity index (χ4n) is 1.35. The predicted octanol–water partition coefficient (Wildman–Crippen LogP) is 0.945. The maximum atomic E-state index is 5.24. The third kappa shape index (κ3) is 2.40. The van der Waals surface area contributed by atoms with Gasteiger partial charge < -0.3 is 5.73 Å². The van der Waals surface area contributed by atoms with Gasteiger partial charge in [-0.3, -0.25) is 4.90 Å². The lowest BCUT2D eigenvalue weighted by Crippen LogP contribution is -2.29. The SMILES string of the molecule is NC=CCN1CCCCC1. The van der Waals surface area contributed by atoms with Crippen LogP contribution in [0.5, 0.6) is 0 Å². The third-order valence-corrected chi connectivity index (χ3v) is 1.95. The van der Waals surface area contributed by atoms with Crippen molar-refractivity contribution >= 4 is 0 Å². The molecule has 0 unspecified atom stereocenters. The van der Waals surface area contributed by atoms with E-state index in [0.29, 0.717) is 0 Å². The molecule has 0 radical (unpaired) electrons. The Morgan fingerprint density at radius 3 is 2.50 bits per heavy atom. The minimum atomic E-state index is 1.04. The topological polar surface area (TPSA) is 29.3 Å². The van der Waals surface area contributed by atoms with Crippen molar-refractivity contribution < 1.29 is 0 Å². The largest absolute Gasteiger partial charge is 0.405 e. The van der Waals surface area contributed by atoms with Crippen molar-refractivity contribution in [3.8, 4) is 0 Å². The quantitative estimate of drug-likeness (QED) is 0.618. The molecule has 58 valence electrons. The van der Waals surface area contributed by atoms with Crippen molar-refractivity contribution in [1.82, 2.24) is 4.90 Å². The number of nitrogens with zero attached hydrogens (tertiary/aromatic N) is 1. The maximum absolute atomic E-state index is 5.24. The van der Waals surface area contributed by atoms with Gasteiger partial charge in [0.1, 0.15) is 0 Å². The Bertz CT molecular complexity index is 104. The average molecular weight is 140 g/mol. The molecule has 1 heterocycles. The summed E-state index contributed by atoms with van der Waals surface area (Å²) in [6.45, 7) is 3.55. The van der Waals surface area contributed by atoms with Crippen LogP contribution in [0.15, 0.2) is 12.3 Å². The zero-order chi connectivity index (χ0) is 7.23. The lowest BCUT2D eigenvalue weighted by atomic mass is 10.1. The molecule has 0 saturated carbocycles. The molecular weight excluding hydrogens is 124 g/mol. The summed E-state index contributed by atoms with van der Waals surface area (Å²) in [5.41, 5.74) is 5.24. The Hall–Kier alpha value is -0.500. The number of hydrogen-bond donors (Lipinski definition) is 1. The lowest BCUT2D eigenvalue weighted by Gasteiger charge is -2.24. The van der Waals surface area contributed by atoms with Crippen molar-refractivity contribution in [3.63, 3.8) is 0 Å². The van der Waals surface area contributed by atoms with Gasteiger partial charge in [0.2, 0.25) is 0 Å². The van der Waals surface area contributed by atoms with Gasteiger partial charge in [-0.05, 0) is 32.1 Å². The highest BCUT2D eigenvalue weighted by atomic mass is 15.1. The van der Waals surface area contributed by atoms with Crippen LogP contribution in [0.4, 0.5) is 0 Å². The first-order valence-electron chi connectivity index (χ1n) is 4.02. The molecule has 1 fully saturated rings. The molecule has 1 rings (SSSR count). The molecule has 0 aliphatic carbocycles. The number of hydrogen-bond acceptors (Lipinski definition) is 2. The summed E-state index contributed by atoms with van der Waals surface area (Å²) < 4.78 is 0. The molecule has 0 aromatic rings. The van der Waals surface area contributed by atoms with Gasteiger partial charge in [0, 0.05) is 6.54 Å². The second-order valence-electron chi connectivity index (χ2n) is 2.79. The third-order valence-electron chi connectivity index (χ3n) is 1.95. The zero-order valence-corrected chi connectivity index (χ0v) is 6.42. The monoisotopic (exact) mass is 140 g/mol. The maximum Gasteiger partial charge on any atom is 0.0180 e. The lowest BCUT2D eigenvalue weighted by molar-refractivity contribution is 0.251. The summed E-state index contributed by atoms with van der Waals surface area (Å²) >= 11 is 0. The van der Waals surface area contributed by atoms with E-state index < -0.39 is 0 Å². The van der Waals surface area contributed by atoms with E-state index in [9.17, 15) is 0 Å². The molecule has 2 heteroatoms. The Labute approximate surface area is 62.7 Å². The van der Waals surface area contributed by atoms with Crippen LogP contribution < -0.4 is 5.73 Å². The summed E-state index contributed by atoms with van der Waals surface area (Å²) in [7, 11) is 0. The van der Waals surface area contributed by atoms with E-state index in [1.54, 1.807) is 6.20 Å². The van der Waals surface area contributed by atoms with Gasteiger partial charge in [-0.2, -0.15) is 0 Å². The molecule has 2 N–H and O–H groups in total. The molecule has 1 aliphatic rings. The van der Waals surface area contributed by atoms with E-state index in [1.807, 2.05) is 6.08 Å². The fourth-order valence-corrected chi connectivity index (χ4v) is 1.35. The Morgan fingerprint density at radius 2 is 1.90 bits per heavy atom. The molecule has 0 aromatic heterocycles. The summed E-state index contributed by atoms with van der Waals surface area (Å²) in [4.78, 5) is 2.44. The predicted molar refractivity (Wildman–Crippen MR) is 43.6 cm³/mol. The van der Waals surface area contributed by atoms with E-state index in [2.05, 4.69) is 4.90 Å². The smallest absolute Gasteiger partial charge is 0.0180 e. The van der Waals surface area contributed by atoms with Crippen molar-refractivity contribution in [1.29, 1.82) is 0 Å². The first-order valence-corrected chi connectivity index (χ1v) is 4.02. The Kier molecular flexibility index (Phi) is 3.30. The molecule has 0 spiro atoms. The molecule has 10 heavy (non-hydrogen) atoms. The number of piperidine rings is 1. The Balaban J connectivity index is 2.13. The molecule has 1 saturated heterocycles. The summed E-state index contributed by atoms with van der Waals surface area (Å²) in [5.74, 6) is 0. The number of nitrogens with two attached hydrogens (primary N) is 1. The molecule has 1 aliphatic heterocycles. The van der Waals surface area contributed by atoms with Crippen LogP contribution in [0.1, 0.15) is 19.3 Å². The zero-order valence-electron chi connectivity index (χ0n) is 6.42. The highest BCUT2D eigenvalue weighted by molar-refractivity contribution is 4.81. The number of likely N-dealkylation sites (tertiary alicyclic amines) is 1. The van der Waals surface area contributed by atoms with Crippen LogP contribution in [-0.4, -0.2) is 24.5 Å². The van der Waals surface area contributed by atoms with Gasteiger partial charge in [-0.15, -0.1) is 0 Å². The average Bonchev–Trinajstić information content (AvgIpc) is 2.03. The van der Waals surface area contributed by atoms with E-state index in [1.165, 1.54) is 32.4 Å². The van der Waals surface area contributed by atoms with Crippen molar-refractivity contribution in [2.45, 2.75) is 19.3 Å². The molecular formula is C8H16N2. The molecule has 0 amide bonds. The van der Waals surface area contributed by atoms with Gasteiger partial charge >= 0.3 is 0 Å². The first-order chi connectivity index (χ1) is 4.93. The normalized spacial score (nSPS) is 22.0. The number of rotatable bonds is 2. The van der Waals surface area contributed by atoms with Gasteiger partial charge in [0.15, 0.2) is 0 Å². The van der Waals surface area contributed by atoms with Crippen molar-refractivity contribution in [2.24, 2.45) is 5.73 Å². The van der Waals surface area contributed by atoms with Gasteiger partial charge in [-0.25, -0.2) is 0 Å². The van der Waals surface area contributed by atoms with E-state index in [0.717, 1.165) is 6.54 Å². The molecule has 2 nitrogen and oxygen atoms in total. The van der Waals surface area contributed by atoms with E-state index in [-0.39, 0.29) is 0 Å². The standard InChI is InChI=1S/C8H16N2/c9-5-4-8-10-6-2-1-3-7-10/h4-5H,1-3,6-9H2. The molecule has 0 atom stereocenters. The molecule has 0 bridgehead atoms. The van der Waals surface area contributed by atoms with Gasteiger partial charge in [0.05, 0.1) is 0 Å². The fraction of sp³-hybridized carbons (Fsp3) is 0.750.